The molecule has 1 aromatic carbocycles. The Morgan fingerprint density at radius 1 is 1.38 bits per heavy atom. The first-order valence-corrected chi connectivity index (χ1v) is 5.67. The van der Waals surface area contributed by atoms with Crippen LogP contribution < -0.4 is 0 Å². The fraction of sp³-hybridized carbons (Fsp3) is 0.167. The lowest BCUT2D eigenvalue weighted by molar-refractivity contribution is 0.0702. The van der Waals surface area contributed by atoms with Gasteiger partial charge >= 0.3 is 5.97 Å². The molecular weight excluding hydrogens is 222 g/mol. The molecule has 0 unspecified atom stereocenters. The maximum absolute atomic E-state index is 11.1. The second-order valence-electron chi connectivity index (χ2n) is 3.59. The molecule has 0 bridgehead atoms. The van der Waals surface area contributed by atoms with Crippen LogP contribution in [0.15, 0.2) is 24.3 Å². The number of benzene rings is 1. The normalized spacial score (nSPS) is 10.4. The number of hydrogen-bond acceptors (Lipinski definition) is 3. The second-order valence-corrected chi connectivity index (χ2v) is 4.79. The Balaban J connectivity index is 2.59. The van der Waals surface area contributed by atoms with Crippen LogP contribution in [-0.4, -0.2) is 16.1 Å². The fourth-order valence-electron chi connectivity index (χ4n) is 1.56. The molecule has 1 aromatic heterocycles. The van der Waals surface area contributed by atoms with Crippen molar-refractivity contribution >= 4 is 17.3 Å². The molecule has 0 amide bonds. The van der Waals surface area contributed by atoms with E-state index in [1.807, 2.05) is 38.1 Å². The van der Waals surface area contributed by atoms with E-state index in [4.69, 9.17) is 5.11 Å². The van der Waals surface area contributed by atoms with Crippen LogP contribution in [0.3, 0.4) is 0 Å². The molecule has 0 atom stereocenters. The maximum atomic E-state index is 11.1. The fourth-order valence-corrected chi connectivity index (χ4v) is 2.34. The summed E-state index contributed by atoms with van der Waals surface area (Å²) in [7, 11) is 0. The molecule has 1 N–H and O–H groups in total. The quantitative estimate of drug-likeness (QED) is 0.867. The Morgan fingerprint density at radius 2 is 2.12 bits per heavy atom. The van der Waals surface area contributed by atoms with Gasteiger partial charge in [0.05, 0.1) is 10.7 Å². The van der Waals surface area contributed by atoms with Gasteiger partial charge in [-0.05, 0) is 19.9 Å². The molecule has 2 aromatic rings. The van der Waals surface area contributed by atoms with Gasteiger partial charge in [0.15, 0.2) is 0 Å². The van der Waals surface area contributed by atoms with Gasteiger partial charge in [-0.2, -0.15) is 0 Å². The number of hydrogen-bond donors (Lipinski definition) is 1. The number of rotatable bonds is 2. The van der Waals surface area contributed by atoms with Crippen LogP contribution in [0.4, 0.5) is 0 Å². The van der Waals surface area contributed by atoms with Gasteiger partial charge < -0.3 is 5.11 Å². The summed E-state index contributed by atoms with van der Waals surface area (Å²) in [6.45, 7) is 3.79. The van der Waals surface area contributed by atoms with Gasteiger partial charge in [0.2, 0.25) is 0 Å². The first kappa shape index (κ1) is 10.8. The SMILES string of the molecule is Cc1cccc(-c2nc(C)sc2C(=O)O)c1. The zero-order valence-electron chi connectivity index (χ0n) is 9.02. The summed E-state index contributed by atoms with van der Waals surface area (Å²) in [5.41, 5.74) is 2.53. The topological polar surface area (TPSA) is 50.2 Å². The Hall–Kier alpha value is -1.68. The van der Waals surface area contributed by atoms with Crippen molar-refractivity contribution in [3.63, 3.8) is 0 Å². The highest BCUT2D eigenvalue weighted by Gasteiger charge is 2.16. The van der Waals surface area contributed by atoms with Crippen LogP contribution in [0, 0.1) is 13.8 Å². The van der Waals surface area contributed by atoms with E-state index < -0.39 is 5.97 Å². The number of carbonyl (C=O) groups is 1. The molecule has 16 heavy (non-hydrogen) atoms. The average molecular weight is 233 g/mol. The van der Waals surface area contributed by atoms with Crippen LogP contribution in [0.5, 0.6) is 0 Å². The van der Waals surface area contributed by atoms with Crippen LogP contribution in [0.2, 0.25) is 0 Å². The standard InChI is InChI=1S/C12H11NO2S/c1-7-4-3-5-9(6-7)10-11(12(14)15)16-8(2)13-10/h3-6H,1-2H3,(H,14,15). The van der Waals surface area contributed by atoms with Gasteiger partial charge in [0.1, 0.15) is 4.88 Å². The lowest BCUT2D eigenvalue weighted by Crippen LogP contribution is -1.95. The largest absolute Gasteiger partial charge is 0.477 e. The molecular formula is C12H11NO2S. The number of aromatic carboxylic acids is 1. The van der Waals surface area contributed by atoms with E-state index >= 15 is 0 Å². The number of nitrogens with zero attached hydrogens (tertiary/aromatic N) is 1. The highest BCUT2D eigenvalue weighted by Crippen LogP contribution is 2.28. The Kier molecular flexibility index (Phi) is 2.75. The molecule has 0 aliphatic carbocycles. The van der Waals surface area contributed by atoms with E-state index in [9.17, 15) is 4.79 Å². The Labute approximate surface area is 97.4 Å². The third kappa shape index (κ3) is 1.97. The summed E-state index contributed by atoms with van der Waals surface area (Å²) in [4.78, 5) is 15.7. The summed E-state index contributed by atoms with van der Waals surface area (Å²) in [6, 6.07) is 7.71. The first-order chi connectivity index (χ1) is 7.58. The monoisotopic (exact) mass is 233 g/mol. The van der Waals surface area contributed by atoms with Crippen molar-refractivity contribution in [3.8, 4) is 11.3 Å². The third-order valence-corrected chi connectivity index (χ3v) is 3.18. The summed E-state index contributed by atoms with van der Waals surface area (Å²) in [5, 5.41) is 9.85. The lowest BCUT2D eigenvalue weighted by Gasteiger charge is -2.00. The van der Waals surface area contributed by atoms with E-state index in [-0.39, 0.29) is 0 Å². The molecule has 3 nitrogen and oxygen atoms in total. The summed E-state index contributed by atoms with van der Waals surface area (Å²) in [6.07, 6.45) is 0. The number of thiazole rings is 1. The van der Waals surface area contributed by atoms with E-state index in [2.05, 4.69) is 4.98 Å². The molecule has 2 rings (SSSR count). The molecule has 0 saturated heterocycles. The van der Waals surface area contributed by atoms with Crippen LogP contribution in [0.1, 0.15) is 20.2 Å². The van der Waals surface area contributed by atoms with Crippen molar-refractivity contribution in [1.29, 1.82) is 0 Å². The van der Waals surface area contributed by atoms with Gasteiger partial charge in [0, 0.05) is 5.56 Å². The summed E-state index contributed by atoms with van der Waals surface area (Å²) < 4.78 is 0. The molecule has 1 heterocycles. The van der Waals surface area contributed by atoms with Gasteiger partial charge in [-0.25, -0.2) is 9.78 Å². The smallest absolute Gasteiger partial charge is 0.348 e. The van der Waals surface area contributed by atoms with E-state index in [1.165, 1.54) is 11.3 Å². The predicted molar refractivity (Wildman–Crippen MR) is 64.0 cm³/mol. The predicted octanol–water partition coefficient (Wildman–Crippen LogP) is 3.13. The first-order valence-electron chi connectivity index (χ1n) is 4.85. The van der Waals surface area contributed by atoms with Crippen molar-refractivity contribution in [3.05, 3.63) is 39.7 Å². The minimum Gasteiger partial charge on any atom is -0.477 e. The summed E-state index contributed by atoms with van der Waals surface area (Å²) >= 11 is 1.21. The molecule has 4 heteroatoms. The molecule has 82 valence electrons. The zero-order chi connectivity index (χ0) is 11.7. The number of aryl methyl sites for hydroxylation is 2. The molecule has 0 spiro atoms. The van der Waals surface area contributed by atoms with Crippen molar-refractivity contribution in [2.24, 2.45) is 0 Å². The van der Waals surface area contributed by atoms with Gasteiger partial charge in [-0.3, -0.25) is 0 Å². The molecule has 0 aliphatic rings. The highest BCUT2D eigenvalue weighted by molar-refractivity contribution is 7.14. The van der Waals surface area contributed by atoms with Crippen LogP contribution >= 0.6 is 11.3 Å². The Morgan fingerprint density at radius 3 is 2.75 bits per heavy atom. The number of carboxylic acids is 1. The molecule has 0 saturated carbocycles. The molecule has 0 aliphatic heterocycles. The van der Waals surface area contributed by atoms with Crippen LogP contribution in [-0.2, 0) is 0 Å². The number of aromatic nitrogens is 1. The van der Waals surface area contributed by atoms with E-state index in [0.717, 1.165) is 16.1 Å². The molecule has 0 radical (unpaired) electrons. The van der Waals surface area contributed by atoms with Gasteiger partial charge in [0.25, 0.3) is 0 Å². The maximum Gasteiger partial charge on any atom is 0.348 e. The second kappa shape index (κ2) is 4.06. The van der Waals surface area contributed by atoms with E-state index in [0.29, 0.717) is 10.6 Å². The third-order valence-electron chi connectivity index (χ3n) is 2.22. The van der Waals surface area contributed by atoms with Gasteiger partial charge in [-0.1, -0.05) is 23.8 Å². The Bertz CT molecular complexity index is 546. The number of carboxylic acid groups (broad SMARTS) is 1. The van der Waals surface area contributed by atoms with Crippen molar-refractivity contribution < 1.29 is 9.90 Å². The van der Waals surface area contributed by atoms with Crippen LogP contribution in [0.25, 0.3) is 11.3 Å². The molecule has 0 fully saturated rings. The van der Waals surface area contributed by atoms with Crippen molar-refractivity contribution in [2.75, 3.05) is 0 Å². The van der Waals surface area contributed by atoms with E-state index in [1.54, 1.807) is 0 Å². The summed E-state index contributed by atoms with van der Waals surface area (Å²) in [5.74, 6) is -0.915. The lowest BCUT2D eigenvalue weighted by atomic mass is 10.1. The zero-order valence-corrected chi connectivity index (χ0v) is 9.84. The highest BCUT2D eigenvalue weighted by atomic mass is 32.1. The van der Waals surface area contributed by atoms with Crippen molar-refractivity contribution in [1.82, 2.24) is 4.98 Å². The minimum absolute atomic E-state index is 0.308. The van der Waals surface area contributed by atoms with Gasteiger partial charge in [-0.15, -0.1) is 11.3 Å². The van der Waals surface area contributed by atoms with Crippen molar-refractivity contribution in [2.45, 2.75) is 13.8 Å². The minimum atomic E-state index is -0.915. The average Bonchev–Trinajstić information content (AvgIpc) is 2.60.